The van der Waals surface area contributed by atoms with E-state index in [1.165, 1.54) is 0 Å². The molecule has 1 aromatic rings. The van der Waals surface area contributed by atoms with E-state index < -0.39 is 0 Å². The summed E-state index contributed by atoms with van der Waals surface area (Å²) in [7, 11) is 0. The van der Waals surface area contributed by atoms with Crippen LogP contribution in [-0.4, -0.2) is 0 Å². The fourth-order valence-electron chi connectivity index (χ4n) is 0.978. The molecule has 0 bridgehead atoms. The first-order chi connectivity index (χ1) is 4.72. The van der Waals surface area contributed by atoms with Crippen molar-refractivity contribution in [3.8, 4) is 0 Å². The number of benzene rings is 1. The normalized spacial score (nSPS) is 13.1. The van der Waals surface area contributed by atoms with E-state index in [9.17, 15) is 0 Å². The minimum Gasteiger partial charge on any atom is -0.324 e. The molecule has 1 rings (SSSR count). The molecule has 0 heterocycles. The van der Waals surface area contributed by atoms with Gasteiger partial charge in [-0.1, -0.05) is 24.3 Å². The van der Waals surface area contributed by atoms with E-state index in [0.717, 1.165) is 11.1 Å². The van der Waals surface area contributed by atoms with Crippen molar-refractivity contribution in [3.63, 3.8) is 0 Å². The molecule has 0 fully saturated rings. The summed E-state index contributed by atoms with van der Waals surface area (Å²) in [6, 6.07) is 8.02. The van der Waals surface area contributed by atoms with Crippen LogP contribution in [0.15, 0.2) is 24.3 Å². The summed E-state index contributed by atoms with van der Waals surface area (Å²) in [6.45, 7) is 5.82. The third-order valence-corrected chi connectivity index (χ3v) is 1.55. The van der Waals surface area contributed by atoms with Gasteiger partial charge in [-0.2, -0.15) is 0 Å². The minimum absolute atomic E-state index is 0.0914. The van der Waals surface area contributed by atoms with Crippen molar-refractivity contribution in [1.82, 2.24) is 0 Å². The molecule has 0 saturated heterocycles. The third-order valence-electron chi connectivity index (χ3n) is 1.55. The Hall–Kier alpha value is -0.820. The van der Waals surface area contributed by atoms with E-state index in [1.54, 1.807) is 0 Å². The zero-order chi connectivity index (χ0) is 7.56. The lowest BCUT2D eigenvalue weighted by Gasteiger charge is -2.07. The fourth-order valence-corrected chi connectivity index (χ4v) is 0.978. The predicted molar refractivity (Wildman–Crippen MR) is 43.5 cm³/mol. The Morgan fingerprint density at radius 1 is 1.40 bits per heavy atom. The van der Waals surface area contributed by atoms with Crippen LogP contribution in [0.4, 0.5) is 0 Å². The maximum Gasteiger partial charge on any atom is 0.0268 e. The molecule has 2 N–H and O–H groups in total. The third kappa shape index (κ3) is 1.36. The summed E-state index contributed by atoms with van der Waals surface area (Å²) in [5.74, 6) is 0. The largest absolute Gasteiger partial charge is 0.324 e. The molecule has 0 amide bonds. The molecule has 0 spiro atoms. The van der Waals surface area contributed by atoms with Crippen molar-refractivity contribution in [2.75, 3.05) is 0 Å². The van der Waals surface area contributed by atoms with E-state index in [0.29, 0.717) is 0 Å². The number of hydrogen-bond donors (Lipinski definition) is 1. The topological polar surface area (TPSA) is 26.0 Å². The number of nitrogens with two attached hydrogens (primary N) is 1. The Balaban J connectivity index is 3.03. The van der Waals surface area contributed by atoms with Crippen LogP contribution in [0.3, 0.4) is 0 Å². The lowest BCUT2D eigenvalue weighted by Crippen LogP contribution is -2.06. The zero-order valence-electron chi connectivity index (χ0n) is 6.17. The Morgan fingerprint density at radius 3 is 2.40 bits per heavy atom. The van der Waals surface area contributed by atoms with Gasteiger partial charge >= 0.3 is 0 Å². The molecule has 53 valence electrons. The molecule has 0 saturated carbocycles. The van der Waals surface area contributed by atoms with Gasteiger partial charge in [0, 0.05) is 6.04 Å². The van der Waals surface area contributed by atoms with Gasteiger partial charge in [-0.05, 0) is 25.0 Å². The Labute approximate surface area is 61.9 Å². The molecule has 1 atom stereocenters. The van der Waals surface area contributed by atoms with E-state index in [4.69, 9.17) is 5.73 Å². The zero-order valence-corrected chi connectivity index (χ0v) is 6.17. The van der Waals surface area contributed by atoms with Gasteiger partial charge in [0.15, 0.2) is 0 Å². The van der Waals surface area contributed by atoms with Crippen LogP contribution < -0.4 is 5.73 Å². The predicted octanol–water partition coefficient (Wildman–Crippen LogP) is 1.89. The molecule has 0 aliphatic rings. The molecule has 1 radical (unpaired) electrons. The van der Waals surface area contributed by atoms with Gasteiger partial charge < -0.3 is 5.73 Å². The second kappa shape index (κ2) is 2.84. The van der Waals surface area contributed by atoms with Crippen molar-refractivity contribution in [1.29, 1.82) is 0 Å². The van der Waals surface area contributed by atoms with Gasteiger partial charge in [0.1, 0.15) is 0 Å². The molecule has 1 heteroatoms. The van der Waals surface area contributed by atoms with E-state index in [1.807, 2.05) is 31.2 Å². The highest BCUT2D eigenvalue weighted by atomic mass is 14.6. The van der Waals surface area contributed by atoms with Crippen molar-refractivity contribution >= 4 is 0 Å². The van der Waals surface area contributed by atoms with Crippen LogP contribution in [-0.2, 0) is 0 Å². The second-order valence-electron chi connectivity index (χ2n) is 2.49. The molecule has 0 aliphatic heterocycles. The average molecular weight is 134 g/mol. The van der Waals surface area contributed by atoms with Crippen LogP contribution in [0.1, 0.15) is 24.1 Å². The van der Waals surface area contributed by atoms with Crippen LogP contribution in [0.25, 0.3) is 0 Å². The second-order valence-corrected chi connectivity index (χ2v) is 2.49. The highest BCUT2D eigenvalue weighted by Crippen LogP contribution is 2.13. The highest BCUT2D eigenvalue weighted by molar-refractivity contribution is 5.31. The lowest BCUT2D eigenvalue weighted by molar-refractivity contribution is 0.814. The van der Waals surface area contributed by atoms with E-state index in [2.05, 4.69) is 6.92 Å². The van der Waals surface area contributed by atoms with Gasteiger partial charge in [-0.25, -0.2) is 0 Å². The molecule has 1 nitrogen and oxygen atoms in total. The van der Waals surface area contributed by atoms with Crippen molar-refractivity contribution in [2.45, 2.75) is 13.0 Å². The molecule has 0 aliphatic carbocycles. The van der Waals surface area contributed by atoms with Gasteiger partial charge in [0.2, 0.25) is 0 Å². The Bertz CT molecular complexity index is 216. The minimum atomic E-state index is 0.0914. The number of hydrogen-bond acceptors (Lipinski definition) is 1. The first-order valence-corrected chi connectivity index (χ1v) is 3.38. The average Bonchev–Trinajstić information content (AvgIpc) is 1.88. The SMILES string of the molecule is [CH2]c1ccccc1C(C)N. The van der Waals surface area contributed by atoms with Gasteiger partial charge in [0.25, 0.3) is 0 Å². The molecule has 1 aromatic carbocycles. The van der Waals surface area contributed by atoms with Gasteiger partial charge in [-0.15, -0.1) is 0 Å². The van der Waals surface area contributed by atoms with Gasteiger partial charge in [-0.3, -0.25) is 0 Å². The monoisotopic (exact) mass is 134 g/mol. The molecular weight excluding hydrogens is 122 g/mol. The molecule has 10 heavy (non-hydrogen) atoms. The molecule has 0 aromatic heterocycles. The van der Waals surface area contributed by atoms with Crippen LogP contribution in [0.2, 0.25) is 0 Å². The first kappa shape index (κ1) is 7.29. The van der Waals surface area contributed by atoms with E-state index in [-0.39, 0.29) is 6.04 Å². The summed E-state index contributed by atoms with van der Waals surface area (Å²) < 4.78 is 0. The summed E-state index contributed by atoms with van der Waals surface area (Å²) in [5, 5.41) is 0. The summed E-state index contributed by atoms with van der Waals surface area (Å²) in [5.41, 5.74) is 7.83. The van der Waals surface area contributed by atoms with Crippen LogP contribution in [0, 0.1) is 6.92 Å². The highest BCUT2D eigenvalue weighted by Gasteiger charge is 1.99. The standard InChI is InChI=1S/C9H12N/c1-7-5-3-4-6-9(7)8(2)10/h3-6,8H,1,10H2,2H3. The molecular formula is C9H12N. The summed E-state index contributed by atoms with van der Waals surface area (Å²) in [6.07, 6.45) is 0. The van der Waals surface area contributed by atoms with Crippen molar-refractivity contribution in [2.24, 2.45) is 5.73 Å². The van der Waals surface area contributed by atoms with Crippen molar-refractivity contribution < 1.29 is 0 Å². The number of rotatable bonds is 1. The maximum atomic E-state index is 5.67. The fraction of sp³-hybridized carbons (Fsp3) is 0.222. The molecule has 1 unspecified atom stereocenters. The first-order valence-electron chi connectivity index (χ1n) is 3.38. The van der Waals surface area contributed by atoms with Crippen LogP contribution >= 0.6 is 0 Å². The Morgan fingerprint density at radius 2 is 2.00 bits per heavy atom. The van der Waals surface area contributed by atoms with Gasteiger partial charge in [0.05, 0.1) is 0 Å². The quantitative estimate of drug-likeness (QED) is 0.623. The van der Waals surface area contributed by atoms with Crippen molar-refractivity contribution in [3.05, 3.63) is 42.3 Å². The lowest BCUT2D eigenvalue weighted by atomic mass is 10.0. The summed E-state index contributed by atoms with van der Waals surface area (Å²) in [4.78, 5) is 0. The van der Waals surface area contributed by atoms with E-state index >= 15 is 0 Å². The summed E-state index contributed by atoms with van der Waals surface area (Å²) >= 11 is 0. The maximum absolute atomic E-state index is 5.67. The smallest absolute Gasteiger partial charge is 0.0268 e. The Kier molecular flexibility index (Phi) is 2.07. The van der Waals surface area contributed by atoms with Crippen LogP contribution in [0.5, 0.6) is 0 Å².